The average molecular weight is 464 g/mol. The number of rotatable bonds is 8. The van der Waals surface area contributed by atoms with Crippen LogP contribution in [-0.4, -0.2) is 16.8 Å². The molecule has 1 heterocycles. The Bertz CT molecular complexity index is 1320. The molecule has 4 aromatic rings. The van der Waals surface area contributed by atoms with Crippen molar-refractivity contribution in [3.63, 3.8) is 0 Å². The molecule has 3 aromatic carbocycles. The van der Waals surface area contributed by atoms with Crippen LogP contribution in [0.3, 0.4) is 0 Å². The molecule has 0 saturated carbocycles. The Kier molecular flexibility index (Phi) is 7.66. The Labute approximate surface area is 204 Å². The van der Waals surface area contributed by atoms with Gasteiger partial charge in [-0.15, -0.1) is 0 Å². The third kappa shape index (κ3) is 6.88. The van der Waals surface area contributed by atoms with Crippen LogP contribution in [0.25, 0.3) is 6.08 Å². The van der Waals surface area contributed by atoms with Gasteiger partial charge in [-0.25, -0.2) is 0 Å². The summed E-state index contributed by atoms with van der Waals surface area (Å²) in [6.45, 7) is 2.25. The van der Waals surface area contributed by atoms with E-state index in [2.05, 4.69) is 15.6 Å². The summed E-state index contributed by atoms with van der Waals surface area (Å²) in [7, 11) is 0. The number of benzene rings is 3. The standard InChI is InChI=1S/C29H25N3O3/c1-21-10-12-24(13-11-21)28(33)32-27(29(34)31-20-22-14-16-30-17-15-22)19-23-6-5-9-26(18-23)35-25-7-3-2-4-8-25/h2-19H,20H2,1H3,(H,31,34)(H,32,33)/b27-19-. The number of amides is 2. The maximum absolute atomic E-state index is 13.1. The molecule has 0 fully saturated rings. The van der Waals surface area contributed by atoms with Crippen molar-refractivity contribution in [2.45, 2.75) is 13.5 Å². The SMILES string of the molecule is Cc1ccc(C(=O)N/C(=C\c2cccc(Oc3ccccc3)c2)C(=O)NCc2ccncc2)cc1. The molecule has 6 nitrogen and oxygen atoms in total. The van der Waals surface area contributed by atoms with Crippen molar-refractivity contribution in [2.75, 3.05) is 0 Å². The van der Waals surface area contributed by atoms with Gasteiger partial charge in [-0.2, -0.15) is 0 Å². The van der Waals surface area contributed by atoms with Gasteiger partial charge in [0.1, 0.15) is 17.2 Å². The summed E-state index contributed by atoms with van der Waals surface area (Å²) in [6.07, 6.45) is 4.96. The van der Waals surface area contributed by atoms with Crippen LogP contribution < -0.4 is 15.4 Å². The molecule has 0 aliphatic carbocycles. The van der Waals surface area contributed by atoms with Crippen molar-refractivity contribution in [3.05, 3.63) is 131 Å². The van der Waals surface area contributed by atoms with E-state index in [1.165, 1.54) is 0 Å². The molecule has 0 unspecified atom stereocenters. The van der Waals surface area contributed by atoms with Gasteiger partial charge < -0.3 is 15.4 Å². The lowest BCUT2D eigenvalue weighted by Gasteiger charge is -2.12. The number of hydrogen-bond acceptors (Lipinski definition) is 4. The van der Waals surface area contributed by atoms with E-state index < -0.39 is 5.91 Å². The molecule has 35 heavy (non-hydrogen) atoms. The van der Waals surface area contributed by atoms with Crippen LogP contribution in [0, 0.1) is 6.92 Å². The number of pyridine rings is 1. The molecule has 0 aliphatic rings. The molecule has 0 saturated heterocycles. The third-order valence-corrected chi connectivity index (χ3v) is 5.16. The molecule has 2 N–H and O–H groups in total. The molecule has 1 aromatic heterocycles. The highest BCUT2D eigenvalue weighted by molar-refractivity contribution is 6.05. The van der Waals surface area contributed by atoms with Crippen LogP contribution >= 0.6 is 0 Å². The van der Waals surface area contributed by atoms with E-state index in [9.17, 15) is 9.59 Å². The monoisotopic (exact) mass is 463 g/mol. The molecule has 2 amide bonds. The summed E-state index contributed by atoms with van der Waals surface area (Å²) >= 11 is 0. The zero-order chi connectivity index (χ0) is 24.5. The lowest BCUT2D eigenvalue weighted by molar-refractivity contribution is -0.117. The summed E-state index contributed by atoms with van der Waals surface area (Å²) in [5, 5.41) is 5.62. The topological polar surface area (TPSA) is 80.3 Å². The van der Waals surface area contributed by atoms with E-state index in [1.807, 2.05) is 79.7 Å². The highest BCUT2D eigenvalue weighted by Gasteiger charge is 2.15. The Morgan fingerprint density at radius 3 is 2.31 bits per heavy atom. The van der Waals surface area contributed by atoms with Gasteiger partial charge >= 0.3 is 0 Å². The van der Waals surface area contributed by atoms with Crippen molar-refractivity contribution >= 4 is 17.9 Å². The first-order valence-corrected chi connectivity index (χ1v) is 11.2. The first-order valence-electron chi connectivity index (χ1n) is 11.2. The molecule has 0 aliphatic heterocycles. The molecular formula is C29H25N3O3. The van der Waals surface area contributed by atoms with Gasteiger partial charge in [0, 0.05) is 24.5 Å². The van der Waals surface area contributed by atoms with E-state index in [-0.39, 0.29) is 11.6 Å². The number of para-hydroxylation sites is 1. The minimum atomic E-state index is -0.406. The Hall–Kier alpha value is -4.71. The van der Waals surface area contributed by atoms with E-state index in [4.69, 9.17) is 4.74 Å². The van der Waals surface area contributed by atoms with Gasteiger partial charge in [0.25, 0.3) is 11.8 Å². The predicted octanol–water partition coefficient (Wildman–Crippen LogP) is 5.27. The summed E-state index contributed by atoms with van der Waals surface area (Å²) < 4.78 is 5.90. The van der Waals surface area contributed by atoms with Gasteiger partial charge in [-0.1, -0.05) is 48.0 Å². The predicted molar refractivity (Wildman–Crippen MR) is 136 cm³/mol. The average Bonchev–Trinajstić information content (AvgIpc) is 2.88. The van der Waals surface area contributed by atoms with Gasteiger partial charge in [0.2, 0.25) is 0 Å². The van der Waals surface area contributed by atoms with E-state index >= 15 is 0 Å². The molecule has 0 radical (unpaired) electrons. The third-order valence-electron chi connectivity index (χ3n) is 5.16. The molecule has 0 bridgehead atoms. The fourth-order valence-corrected chi connectivity index (χ4v) is 3.30. The lowest BCUT2D eigenvalue weighted by atomic mass is 10.1. The maximum Gasteiger partial charge on any atom is 0.268 e. The van der Waals surface area contributed by atoms with Gasteiger partial charge in [-0.3, -0.25) is 14.6 Å². The number of nitrogens with one attached hydrogen (secondary N) is 2. The molecule has 4 rings (SSSR count). The van der Waals surface area contributed by atoms with Crippen LogP contribution in [0.4, 0.5) is 0 Å². The Morgan fingerprint density at radius 2 is 1.57 bits per heavy atom. The fraction of sp³-hybridized carbons (Fsp3) is 0.0690. The number of hydrogen-bond donors (Lipinski definition) is 2. The number of ether oxygens (including phenoxy) is 1. The van der Waals surface area contributed by atoms with Gasteiger partial charge in [0.05, 0.1) is 0 Å². The molecule has 6 heteroatoms. The quantitative estimate of drug-likeness (QED) is 0.349. The fourth-order valence-electron chi connectivity index (χ4n) is 3.30. The van der Waals surface area contributed by atoms with E-state index in [0.717, 1.165) is 11.1 Å². The largest absolute Gasteiger partial charge is 0.457 e. The van der Waals surface area contributed by atoms with Crippen molar-refractivity contribution in [2.24, 2.45) is 0 Å². The van der Waals surface area contributed by atoms with E-state index in [1.54, 1.807) is 36.7 Å². The lowest BCUT2D eigenvalue weighted by Crippen LogP contribution is -2.34. The maximum atomic E-state index is 13.1. The molecule has 0 spiro atoms. The second-order valence-corrected chi connectivity index (χ2v) is 7.90. The first-order chi connectivity index (χ1) is 17.1. The number of carbonyl (C=O) groups is 2. The first kappa shape index (κ1) is 23.4. The van der Waals surface area contributed by atoms with Crippen LogP contribution in [0.5, 0.6) is 11.5 Å². The van der Waals surface area contributed by atoms with E-state index in [0.29, 0.717) is 29.2 Å². The number of aromatic nitrogens is 1. The molecular weight excluding hydrogens is 438 g/mol. The van der Waals surface area contributed by atoms with Crippen LogP contribution in [0.15, 0.2) is 109 Å². The zero-order valence-corrected chi connectivity index (χ0v) is 19.3. The van der Waals surface area contributed by atoms with Crippen LogP contribution in [-0.2, 0) is 11.3 Å². The van der Waals surface area contributed by atoms with Crippen LogP contribution in [0.1, 0.15) is 27.0 Å². The molecule has 174 valence electrons. The summed E-state index contributed by atoms with van der Waals surface area (Å²) in [4.78, 5) is 29.9. The summed E-state index contributed by atoms with van der Waals surface area (Å²) in [6, 6.07) is 27.5. The second-order valence-electron chi connectivity index (χ2n) is 7.90. The smallest absolute Gasteiger partial charge is 0.268 e. The van der Waals surface area contributed by atoms with Crippen molar-refractivity contribution in [1.29, 1.82) is 0 Å². The normalized spacial score (nSPS) is 10.9. The van der Waals surface area contributed by atoms with Crippen molar-refractivity contribution in [3.8, 4) is 11.5 Å². The van der Waals surface area contributed by atoms with Gasteiger partial charge in [0.15, 0.2) is 0 Å². The number of nitrogens with zero attached hydrogens (tertiary/aromatic N) is 1. The Balaban J connectivity index is 1.57. The zero-order valence-electron chi connectivity index (χ0n) is 19.3. The van der Waals surface area contributed by atoms with Crippen molar-refractivity contribution in [1.82, 2.24) is 15.6 Å². The highest BCUT2D eigenvalue weighted by Crippen LogP contribution is 2.22. The van der Waals surface area contributed by atoms with Crippen molar-refractivity contribution < 1.29 is 14.3 Å². The second kappa shape index (κ2) is 11.4. The number of carbonyl (C=O) groups excluding carboxylic acids is 2. The number of aryl methyl sites for hydroxylation is 1. The Morgan fingerprint density at radius 1 is 0.857 bits per heavy atom. The minimum Gasteiger partial charge on any atom is -0.457 e. The van der Waals surface area contributed by atoms with Crippen LogP contribution in [0.2, 0.25) is 0 Å². The molecule has 0 atom stereocenters. The summed E-state index contributed by atoms with van der Waals surface area (Å²) in [5.74, 6) is 0.548. The van der Waals surface area contributed by atoms with Gasteiger partial charge in [-0.05, 0) is 72.7 Å². The summed E-state index contributed by atoms with van der Waals surface area (Å²) in [5.41, 5.74) is 3.24. The highest BCUT2D eigenvalue weighted by atomic mass is 16.5. The minimum absolute atomic E-state index is 0.126.